The van der Waals surface area contributed by atoms with Crippen molar-refractivity contribution >= 4 is 11.8 Å². The molecule has 0 aromatic rings. The topological polar surface area (TPSA) is 63.6 Å². The first-order valence-corrected chi connectivity index (χ1v) is 4.83. The fourth-order valence-electron chi connectivity index (χ4n) is 0.406. The van der Waals surface area contributed by atoms with Gasteiger partial charge in [-0.25, -0.2) is 4.79 Å². The van der Waals surface area contributed by atoms with E-state index in [9.17, 15) is 9.59 Å². The SMILES string of the molecule is CCC(C)=O.CCCCOCC(=O)O. The Hall–Kier alpha value is -0.900. The molecule has 0 aliphatic heterocycles. The van der Waals surface area contributed by atoms with Crippen LogP contribution in [0.2, 0.25) is 0 Å². The van der Waals surface area contributed by atoms with Crippen LogP contribution in [0.15, 0.2) is 0 Å². The maximum atomic E-state index is 9.84. The lowest BCUT2D eigenvalue weighted by molar-refractivity contribution is -0.142. The number of carbonyl (C=O) groups is 2. The van der Waals surface area contributed by atoms with Gasteiger partial charge in [0.1, 0.15) is 12.4 Å². The summed E-state index contributed by atoms with van der Waals surface area (Å²) in [5.74, 6) is -0.642. The third kappa shape index (κ3) is 22.5. The summed E-state index contributed by atoms with van der Waals surface area (Å²) in [4.78, 5) is 19.6. The Kier molecular flexibility index (Phi) is 13.5. The van der Waals surface area contributed by atoms with Crippen LogP contribution in [-0.2, 0) is 14.3 Å². The maximum absolute atomic E-state index is 9.84. The molecule has 0 aromatic heterocycles. The van der Waals surface area contributed by atoms with Gasteiger partial charge in [0.2, 0.25) is 0 Å². The number of hydrogen-bond donors (Lipinski definition) is 1. The molecule has 0 rings (SSSR count). The lowest BCUT2D eigenvalue weighted by Crippen LogP contribution is -2.07. The van der Waals surface area contributed by atoms with E-state index in [1.165, 1.54) is 0 Å². The second kappa shape index (κ2) is 12.1. The molecule has 0 heterocycles. The Morgan fingerprint density at radius 1 is 1.29 bits per heavy atom. The van der Waals surface area contributed by atoms with Gasteiger partial charge in [0.05, 0.1) is 0 Å². The van der Waals surface area contributed by atoms with Gasteiger partial charge in [-0.1, -0.05) is 20.3 Å². The van der Waals surface area contributed by atoms with E-state index in [1.807, 2.05) is 13.8 Å². The molecule has 0 saturated heterocycles. The Labute approximate surface area is 85.3 Å². The van der Waals surface area contributed by atoms with Crippen molar-refractivity contribution in [1.82, 2.24) is 0 Å². The number of carbonyl (C=O) groups excluding carboxylic acids is 1. The Balaban J connectivity index is 0. The molecule has 14 heavy (non-hydrogen) atoms. The summed E-state index contributed by atoms with van der Waals surface area (Å²) in [5, 5.41) is 8.09. The zero-order valence-corrected chi connectivity index (χ0v) is 9.21. The van der Waals surface area contributed by atoms with Crippen LogP contribution in [0.5, 0.6) is 0 Å². The van der Waals surface area contributed by atoms with Gasteiger partial charge < -0.3 is 14.6 Å². The van der Waals surface area contributed by atoms with Crippen molar-refractivity contribution < 1.29 is 19.4 Å². The number of ketones is 1. The summed E-state index contributed by atoms with van der Waals surface area (Å²) in [6.07, 6.45) is 2.65. The van der Waals surface area contributed by atoms with Gasteiger partial charge in [-0.15, -0.1) is 0 Å². The lowest BCUT2D eigenvalue weighted by Gasteiger charge is -1.96. The number of aliphatic carboxylic acids is 1. The van der Waals surface area contributed by atoms with Gasteiger partial charge in [0.25, 0.3) is 0 Å². The second-order valence-electron chi connectivity index (χ2n) is 2.86. The highest BCUT2D eigenvalue weighted by molar-refractivity contribution is 5.74. The average Bonchev–Trinajstić information content (AvgIpc) is 2.13. The van der Waals surface area contributed by atoms with Gasteiger partial charge in [0.15, 0.2) is 0 Å². The van der Waals surface area contributed by atoms with Crippen LogP contribution in [0.1, 0.15) is 40.0 Å². The van der Waals surface area contributed by atoms with Crippen molar-refractivity contribution in [2.75, 3.05) is 13.2 Å². The van der Waals surface area contributed by atoms with Crippen LogP contribution in [0, 0.1) is 0 Å². The number of Topliss-reactive ketones (excluding diaryl/α,β-unsaturated/α-hetero) is 1. The summed E-state index contributed by atoms with van der Waals surface area (Å²) >= 11 is 0. The van der Waals surface area contributed by atoms with Crippen molar-refractivity contribution in [3.63, 3.8) is 0 Å². The van der Waals surface area contributed by atoms with Crippen LogP contribution < -0.4 is 0 Å². The minimum Gasteiger partial charge on any atom is -0.480 e. The van der Waals surface area contributed by atoms with Gasteiger partial charge in [-0.2, -0.15) is 0 Å². The molecule has 0 aromatic carbocycles. The first-order valence-electron chi connectivity index (χ1n) is 4.83. The minimum atomic E-state index is -0.897. The van der Waals surface area contributed by atoms with Crippen LogP contribution in [0.3, 0.4) is 0 Å². The highest BCUT2D eigenvalue weighted by atomic mass is 16.5. The standard InChI is InChI=1S/C6H12O3.C4H8O/c1-2-3-4-9-5-6(7)8;1-3-4(2)5/h2-5H2,1H3,(H,7,8);3H2,1-2H3. The summed E-state index contributed by atoms with van der Waals surface area (Å²) in [6, 6.07) is 0. The summed E-state index contributed by atoms with van der Waals surface area (Å²) in [6.45, 7) is 5.86. The molecule has 4 nitrogen and oxygen atoms in total. The number of hydrogen-bond acceptors (Lipinski definition) is 3. The van der Waals surface area contributed by atoms with E-state index in [0.29, 0.717) is 13.0 Å². The first kappa shape index (κ1) is 15.6. The third-order valence-electron chi connectivity index (χ3n) is 1.37. The van der Waals surface area contributed by atoms with Gasteiger partial charge >= 0.3 is 5.97 Å². The van der Waals surface area contributed by atoms with E-state index in [-0.39, 0.29) is 12.4 Å². The van der Waals surface area contributed by atoms with Crippen molar-refractivity contribution in [3.05, 3.63) is 0 Å². The summed E-state index contributed by atoms with van der Waals surface area (Å²) < 4.78 is 4.74. The molecule has 0 fully saturated rings. The van der Waals surface area contributed by atoms with Gasteiger partial charge in [0, 0.05) is 13.0 Å². The molecule has 0 bridgehead atoms. The molecular formula is C10H20O4. The zero-order chi connectivity index (χ0) is 11.4. The predicted octanol–water partition coefficient (Wildman–Crippen LogP) is 1.87. The molecule has 1 N–H and O–H groups in total. The van der Waals surface area contributed by atoms with Crippen LogP contribution in [0.4, 0.5) is 0 Å². The molecule has 0 unspecified atom stereocenters. The Bertz CT molecular complexity index is 154. The smallest absolute Gasteiger partial charge is 0.329 e. The maximum Gasteiger partial charge on any atom is 0.329 e. The minimum absolute atomic E-state index is 0.167. The molecular weight excluding hydrogens is 184 g/mol. The van der Waals surface area contributed by atoms with E-state index >= 15 is 0 Å². The quantitative estimate of drug-likeness (QED) is 0.671. The first-order chi connectivity index (χ1) is 6.54. The van der Waals surface area contributed by atoms with Crippen LogP contribution in [-0.4, -0.2) is 30.1 Å². The molecule has 0 spiro atoms. The largest absolute Gasteiger partial charge is 0.480 e. The molecule has 0 radical (unpaired) electrons. The fraction of sp³-hybridized carbons (Fsp3) is 0.800. The summed E-state index contributed by atoms with van der Waals surface area (Å²) in [5.41, 5.74) is 0. The monoisotopic (exact) mass is 204 g/mol. The molecule has 0 aliphatic carbocycles. The number of ether oxygens (including phenoxy) is 1. The zero-order valence-electron chi connectivity index (χ0n) is 9.21. The average molecular weight is 204 g/mol. The van der Waals surface area contributed by atoms with Crippen LogP contribution in [0.25, 0.3) is 0 Å². The Morgan fingerprint density at radius 2 is 1.79 bits per heavy atom. The van der Waals surface area contributed by atoms with Gasteiger partial charge in [-0.05, 0) is 13.3 Å². The van der Waals surface area contributed by atoms with E-state index in [2.05, 4.69) is 0 Å². The van der Waals surface area contributed by atoms with E-state index in [1.54, 1.807) is 6.92 Å². The van der Waals surface area contributed by atoms with Gasteiger partial charge in [-0.3, -0.25) is 0 Å². The third-order valence-corrected chi connectivity index (χ3v) is 1.37. The number of carboxylic acid groups (broad SMARTS) is 1. The molecule has 4 heteroatoms. The van der Waals surface area contributed by atoms with E-state index < -0.39 is 5.97 Å². The molecule has 0 saturated carbocycles. The predicted molar refractivity (Wildman–Crippen MR) is 54.3 cm³/mol. The van der Waals surface area contributed by atoms with Crippen molar-refractivity contribution in [2.45, 2.75) is 40.0 Å². The van der Waals surface area contributed by atoms with E-state index in [0.717, 1.165) is 12.8 Å². The van der Waals surface area contributed by atoms with E-state index in [4.69, 9.17) is 9.84 Å². The van der Waals surface area contributed by atoms with Crippen LogP contribution >= 0.6 is 0 Å². The molecule has 0 aliphatic rings. The lowest BCUT2D eigenvalue weighted by atomic mass is 10.4. The summed E-state index contributed by atoms with van der Waals surface area (Å²) in [7, 11) is 0. The highest BCUT2D eigenvalue weighted by Gasteiger charge is 1.93. The van der Waals surface area contributed by atoms with Crippen molar-refractivity contribution in [3.8, 4) is 0 Å². The second-order valence-corrected chi connectivity index (χ2v) is 2.86. The van der Waals surface area contributed by atoms with Crippen molar-refractivity contribution in [2.24, 2.45) is 0 Å². The molecule has 84 valence electrons. The molecule has 0 atom stereocenters. The molecule has 0 amide bonds. The normalized spacial score (nSPS) is 8.79. The highest BCUT2D eigenvalue weighted by Crippen LogP contribution is 1.86. The number of unbranched alkanes of at least 4 members (excludes halogenated alkanes) is 1. The Morgan fingerprint density at radius 3 is 2.07 bits per heavy atom. The fourth-order valence-corrected chi connectivity index (χ4v) is 0.406. The van der Waals surface area contributed by atoms with Crippen molar-refractivity contribution in [1.29, 1.82) is 0 Å². The number of rotatable bonds is 6. The number of carboxylic acids is 1.